The molecule has 166 valence electrons. The second kappa shape index (κ2) is 10.7. The van der Waals surface area contributed by atoms with E-state index >= 15 is 0 Å². The van der Waals surface area contributed by atoms with E-state index in [2.05, 4.69) is 20.5 Å². The Kier molecular flexibility index (Phi) is 7.32. The smallest absolute Gasteiger partial charge is 0.246 e. The van der Waals surface area contributed by atoms with Gasteiger partial charge in [-0.3, -0.25) is 10.1 Å². The van der Waals surface area contributed by atoms with Crippen LogP contribution in [0.3, 0.4) is 0 Å². The Morgan fingerprint density at radius 3 is 2.62 bits per heavy atom. The molecule has 0 radical (unpaired) electrons. The summed E-state index contributed by atoms with van der Waals surface area (Å²) in [7, 11) is 1.60. The minimum atomic E-state index is -0.513. The van der Waals surface area contributed by atoms with Crippen molar-refractivity contribution in [1.82, 2.24) is 10.3 Å². The van der Waals surface area contributed by atoms with E-state index in [0.29, 0.717) is 18.0 Å². The lowest BCUT2D eigenvalue weighted by Crippen LogP contribution is -2.36. The fourth-order valence-electron chi connectivity index (χ4n) is 3.64. The van der Waals surface area contributed by atoms with E-state index in [-0.39, 0.29) is 5.91 Å². The highest BCUT2D eigenvalue weighted by Crippen LogP contribution is 2.21. The molecule has 7 heteroatoms. The zero-order valence-electron chi connectivity index (χ0n) is 18.2. The van der Waals surface area contributed by atoms with Crippen molar-refractivity contribution in [2.24, 2.45) is 0 Å². The predicted molar refractivity (Wildman–Crippen MR) is 125 cm³/mol. The topological polar surface area (TPSA) is 75.7 Å². The normalized spacial score (nSPS) is 14.6. The molecule has 3 aromatic rings. The summed E-state index contributed by atoms with van der Waals surface area (Å²) in [5.74, 6) is 1.51. The molecule has 1 fully saturated rings. The van der Waals surface area contributed by atoms with Crippen LogP contribution in [0.5, 0.6) is 5.75 Å². The van der Waals surface area contributed by atoms with E-state index in [9.17, 15) is 4.79 Å². The number of methoxy groups -OCH3 is 1. The van der Waals surface area contributed by atoms with Crippen molar-refractivity contribution in [3.63, 3.8) is 0 Å². The largest absolute Gasteiger partial charge is 0.497 e. The molecule has 2 N–H and O–H groups in total. The van der Waals surface area contributed by atoms with Crippen molar-refractivity contribution in [2.75, 3.05) is 43.6 Å². The molecule has 0 spiro atoms. The molecule has 0 saturated carbocycles. The first-order valence-electron chi connectivity index (χ1n) is 10.7. The van der Waals surface area contributed by atoms with Crippen molar-refractivity contribution in [2.45, 2.75) is 12.6 Å². The molecule has 4 rings (SSSR count). The van der Waals surface area contributed by atoms with Gasteiger partial charge in [-0.1, -0.05) is 42.5 Å². The molecular weight excluding hydrogens is 404 g/mol. The van der Waals surface area contributed by atoms with E-state index in [0.717, 1.165) is 43.2 Å². The number of nitrogens with zero attached hydrogens (tertiary/aromatic N) is 2. The Balaban J connectivity index is 1.44. The number of rotatable bonds is 8. The van der Waals surface area contributed by atoms with Gasteiger partial charge >= 0.3 is 0 Å². The van der Waals surface area contributed by atoms with Gasteiger partial charge in [0.05, 0.1) is 20.3 Å². The molecular formula is C25H28N4O3. The number of carbonyl (C=O) groups is 1. The van der Waals surface area contributed by atoms with Gasteiger partial charge in [-0.25, -0.2) is 4.98 Å². The second-order valence-corrected chi connectivity index (χ2v) is 7.57. The zero-order valence-corrected chi connectivity index (χ0v) is 18.2. The van der Waals surface area contributed by atoms with Gasteiger partial charge in [-0.15, -0.1) is 0 Å². The highest BCUT2D eigenvalue weighted by Gasteiger charge is 2.20. The molecule has 0 bridgehead atoms. The Morgan fingerprint density at radius 2 is 1.91 bits per heavy atom. The molecule has 1 saturated heterocycles. The lowest BCUT2D eigenvalue weighted by Gasteiger charge is -2.27. The molecule has 1 atom stereocenters. The number of carbonyl (C=O) groups excluding carboxylic acids is 1. The van der Waals surface area contributed by atoms with Crippen LogP contribution in [0.25, 0.3) is 0 Å². The average Bonchev–Trinajstić information content (AvgIpc) is 2.86. The van der Waals surface area contributed by atoms with E-state index in [4.69, 9.17) is 9.47 Å². The summed E-state index contributed by atoms with van der Waals surface area (Å²) in [6, 6.07) is 20.6. The van der Waals surface area contributed by atoms with Crippen LogP contribution in [0, 0.1) is 0 Å². The van der Waals surface area contributed by atoms with Crippen LogP contribution in [0.2, 0.25) is 0 Å². The number of ether oxygens (including phenoxy) is 2. The molecule has 32 heavy (non-hydrogen) atoms. The maximum absolute atomic E-state index is 13.1. The molecule has 1 aliphatic rings. The fourth-order valence-corrected chi connectivity index (χ4v) is 3.64. The lowest BCUT2D eigenvalue weighted by atomic mass is 10.1. The molecule has 1 aliphatic heterocycles. The van der Waals surface area contributed by atoms with E-state index in [1.165, 1.54) is 0 Å². The van der Waals surface area contributed by atoms with Crippen LogP contribution in [-0.2, 0) is 16.1 Å². The van der Waals surface area contributed by atoms with Gasteiger partial charge in [0.25, 0.3) is 0 Å². The van der Waals surface area contributed by atoms with Gasteiger partial charge in [0.2, 0.25) is 5.91 Å². The van der Waals surface area contributed by atoms with Crippen molar-refractivity contribution in [1.29, 1.82) is 0 Å². The summed E-state index contributed by atoms with van der Waals surface area (Å²) in [5.41, 5.74) is 2.59. The average molecular weight is 433 g/mol. The van der Waals surface area contributed by atoms with Gasteiger partial charge in [0.15, 0.2) is 0 Å². The van der Waals surface area contributed by atoms with Crippen molar-refractivity contribution in [3.05, 3.63) is 84.1 Å². The van der Waals surface area contributed by atoms with Crippen LogP contribution >= 0.6 is 0 Å². The minimum Gasteiger partial charge on any atom is -0.497 e. The third-order valence-electron chi connectivity index (χ3n) is 5.39. The Bertz CT molecular complexity index is 1010. The SMILES string of the molecule is COc1cccc(NC(=O)[C@H](NCc2ccc(N3CCOCC3)nc2)c2ccccc2)c1. The molecule has 1 aromatic heterocycles. The summed E-state index contributed by atoms with van der Waals surface area (Å²) in [4.78, 5) is 20.0. The Labute approximate surface area is 188 Å². The van der Waals surface area contributed by atoms with Gasteiger partial charge < -0.3 is 19.7 Å². The zero-order chi connectivity index (χ0) is 22.2. The first-order chi connectivity index (χ1) is 15.7. The molecule has 1 amide bonds. The Hall–Kier alpha value is -3.42. The first kappa shape index (κ1) is 21.8. The van der Waals surface area contributed by atoms with Gasteiger partial charge in [-0.2, -0.15) is 0 Å². The number of aromatic nitrogens is 1. The number of morpholine rings is 1. The number of hydrogen-bond donors (Lipinski definition) is 2. The standard InChI is InChI=1S/C25H28N4O3/c1-31-22-9-5-8-21(16-22)28-25(30)24(20-6-3-2-4-7-20)27-18-19-10-11-23(26-17-19)29-12-14-32-15-13-29/h2-11,16-17,24,27H,12-15,18H2,1H3,(H,28,30)/t24-/m1/s1. The molecule has 2 aromatic carbocycles. The molecule has 7 nitrogen and oxygen atoms in total. The van der Waals surface area contributed by atoms with Crippen LogP contribution in [-0.4, -0.2) is 44.3 Å². The molecule has 0 aliphatic carbocycles. The number of benzene rings is 2. The number of hydrogen-bond acceptors (Lipinski definition) is 6. The van der Waals surface area contributed by atoms with Crippen molar-refractivity contribution in [3.8, 4) is 5.75 Å². The fraction of sp³-hybridized carbons (Fsp3) is 0.280. The summed E-state index contributed by atoms with van der Waals surface area (Å²) < 4.78 is 10.7. The minimum absolute atomic E-state index is 0.137. The Morgan fingerprint density at radius 1 is 1.09 bits per heavy atom. The third-order valence-corrected chi connectivity index (χ3v) is 5.39. The number of pyridine rings is 1. The van der Waals surface area contributed by atoms with Gasteiger partial charge in [0.1, 0.15) is 17.6 Å². The van der Waals surface area contributed by atoms with Gasteiger partial charge in [0, 0.05) is 37.6 Å². The van der Waals surface area contributed by atoms with Crippen molar-refractivity contribution >= 4 is 17.4 Å². The summed E-state index contributed by atoms with van der Waals surface area (Å²) in [6.45, 7) is 3.68. The highest BCUT2D eigenvalue weighted by molar-refractivity contribution is 5.95. The maximum atomic E-state index is 13.1. The van der Waals surface area contributed by atoms with E-state index < -0.39 is 6.04 Å². The third kappa shape index (κ3) is 5.63. The molecule has 0 unspecified atom stereocenters. The number of nitrogens with one attached hydrogen (secondary N) is 2. The highest BCUT2D eigenvalue weighted by atomic mass is 16.5. The first-order valence-corrected chi connectivity index (χ1v) is 10.7. The maximum Gasteiger partial charge on any atom is 0.246 e. The summed E-state index contributed by atoms with van der Waals surface area (Å²) in [6.07, 6.45) is 1.86. The van der Waals surface area contributed by atoms with Gasteiger partial charge in [-0.05, 0) is 29.3 Å². The predicted octanol–water partition coefficient (Wildman–Crippen LogP) is 3.40. The van der Waals surface area contributed by atoms with Crippen LogP contribution in [0.1, 0.15) is 17.2 Å². The monoisotopic (exact) mass is 432 g/mol. The lowest BCUT2D eigenvalue weighted by molar-refractivity contribution is -0.118. The van der Waals surface area contributed by atoms with Crippen molar-refractivity contribution < 1.29 is 14.3 Å². The van der Waals surface area contributed by atoms with Crippen LogP contribution in [0.4, 0.5) is 11.5 Å². The summed E-state index contributed by atoms with van der Waals surface area (Å²) >= 11 is 0. The van der Waals surface area contributed by atoms with E-state index in [1.807, 2.05) is 66.9 Å². The molecule has 2 heterocycles. The summed E-state index contributed by atoms with van der Waals surface area (Å²) in [5, 5.41) is 6.37. The number of amides is 1. The van der Waals surface area contributed by atoms with E-state index in [1.54, 1.807) is 13.2 Å². The number of anilines is 2. The van der Waals surface area contributed by atoms with Crippen LogP contribution < -0.4 is 20.3 Å². The quantitative estimate of drug-likeness (QED) is 0.568. The van der Waals surface area contributed by atoms with Crippen LogP contribution in [0.15, 0.2) is 72.9 Å². The second-order valence-electron chi connectivity index (χ2n) is 7.57.